The Bertz CT molecular complexity index is 909. The van der Waals surface area contributed by atoms with E-state index >= 15 is 0 Å². The summed E-state index contributed by atoms with van der Waals surface area (Å²) in [6.45, 7) is 5.05. The average Bonchev–Trinajstić information content (AvgIpc) is 3.03. The lowest BCUT2D eigenvalue weighted by atomic mass is 9.90. The number of pyridine rings is 1. The Labute approximate surface area is 161 Å². The molecule has 1 fully saturated rings. The van der Waals surface area contributed by atoms with E-state index in [1.54, 1.807) is 23.7 Å². The van der Waals surface area contributed by atoms with Crippen LogP contribution in [0.1, 0.15) is 17.4 Å². The summed E-state index contributed by atoms with van der Waals surface area (Å²) in [7, 11) is 0. The normalized spacial score (nSPS) is 17.4. The first kappa shape index (κ1) is 17.6. The maximum absolute atomic E-state index is 6.59. The van der Waals surface area contributed by atoms with Crippen molar-refractivity contribution in [2.24, 2.45) is 5.73 Å². The number of fused-ring (bicyclic) bond motifs is 1. The van der Waals surface area contributed by atoms with Crippen molar-refractivity contribution in [1.82, 2.24) is 15.0 Å². The monoisotopic (exact) mass is 389 g/mol. The van der Waals surface area contributed by atoms with E-state index in [4.69, 9.17) is 22.1 Å². The van der Waals surface area contributed by atoms with E-state index in [2.05, 4.69) is 25.9 Å². The number of rotatable bonds is 4. The molecule has 3 aromatic heterocycles. The predicted octanol–water partition coefficient (Wildman–Crippen LogP) is 2.99. The van der Waals surface area contributed by atoms with Gasteiger partial charge in [-0.1, -0.05) is 0 Å². The lowest BCUT2D eigenvalue weighted by Crippen LogP contribution is -2.36. The van der Waals surface area contributed by atoms with Gasteiger partial charge < -0.3 is 15.4 Å². The van der Waals surface area contributed by atoms with Crippen LogP contribution in [0.4, 0.5) is 5.82 Å². The molecule has 2 N–H and O–H groups in total. The fourth-order valence-corrected chi connectivity index (χ4v) is 4.66. The molecule has 0 saturated carbocycles. The van der Waals surface area contributed by atoms with Gasteiger partial charge in [0.2, 0.25) is 5.28 Å². The summed E-state index contributed by atoms with van der Waals surface area (Å²) in [6.07, 6.45) is 4.25. The van der Waals surface area contributed by atoms with Crippen molar-refractivity contribution in [2.45, 2.75) is 18.9 Å². The van der Waals surface area contributed by atoms with E-state index in [1.165, 1.54) is 0 Å². The van der Waals surface area contributed by atoms with Gasteiger partial charge >= 0.3 is 0 Å². The van der Waals surface area contributed by atoms with Crippen molar-refractivity contribution in [1.29, 1.82) is 0 Å². The molecule has 1 unspecified atom stereocenters. The lowest BCUT2D eigenvalue weighted by molar-refractivity contribution is 0.122. The standard InChI is InChI=1S/C18H20ClN5OS/c1-18(20,12-2-4-21-5-3-12)11-13-10-14-15(26-13)16(23-17(19)22-14)24-6-8-25-9-7-24/h2-5,10H,6-9,11,20H2,1H3. The minimum absolute atomic E-state index is 0.271. The van der Waals surface area contributed by atoms with Gasteiger partial charge in [0, 0.05) is 42.3 Å². The molecule has 8 heteroatoms. The second kappa shape index (κ2) is 7.08. The third-order valence-corrected chi connectivity index (χ3v) is 5.86. The molecule has 1 aliphatic rings. The lowest BCUT2D eigenvalue weighted by Gasteiger charge is -2.28. The highest BCUT2D eigenvalue weighted by molar-refractivity contribution is 7.19. The summed E-state index contributed by atoms with van der Waals surface area (Å²) >= 11 is 7.86. The van der Waals surface area contributed by atoms with Gasteiger partial charge in [0.1, 0.15) is 0 Å². The Hall–Kier alpha value is -1.80. The predicted molar refractivity (Wildman–Crippen MR) is 105 cm³/mol. The summed E-state index contributed by atoms with van der Waals surface area (Å²) < 4.78 is 6.50. The molecule has 3 aromatic rings. The summed E-state index contributed by atoms with van der Waals surface area (Å²) in [5.41, 5.74) is 8.04. The summed E-state index contributed by atoms with van der Waals surface area (Å²) in [6, 6.07) is 6.00. The zero-order valence-electron chi connectivity index (χ0n) is 14.5. The number of nitrogens with zero attached hydrogens (tertiary/aromatic N) is 4. The van der Waals surface area contributed by atoms with Crippen LogP contribution in [0, 0.1) is 0 Å². The molecular formula is C18H20ClN5OS. The highest BCUT2D eigenvalue weighted by Gasteiger charge is 2.25. The molecule has 4 rings (SSSR count). The van der Waals surface area contributed by atoms with Crippen molar-refractivity contribution in [3.63, 3.8) is 0 Å². The van der Waals surface area contributed by atoms with Crippen molar-refractivity contribution in [3.8, 4) is 0 Å². The molecule has 0 amide bonds. The third-order valence-electron chi connectivity index (χ3n) is 4.57. The minimum atomic E-state index is -0.486. The molecule has 26 heavy (non-hydrogen) atoms. The van der Waals surface area contributed by atoms with Crippen LogP contribution >= 0.6 is 22.9 Å². The van der Waals surface area contributed by atoms with Gasteiger partial charge in [0.25, 0.3) is 0 Å². The van der Waals surface area contributed by atoms with Crippen molar-refractivity contribution in [3.05, 3.63) is 46.3 Å². The molecule has 136 valence electrons. The SMILES string of the molecule is CC(N)(Cc1cc2nc(Cl)nc(N3CCOCC3)c2s1)c1ccncc1. The first-order valence-corrected chi connectivity index (χ1v) is 9.70. The molecule has 1 aliphatic heterocycles. The maximum Gasteiger partial charge on any atom is 0.224 e. The summed E-state index contributed by atoms with van der Waals surface area (Å²) in [4.78, 5) is 16.3. The maximum atomic E-state index is 6.59. The molecule has 6 nitrogen and oxygen atoms in total. The van der Waals surface area contributed by atoms with Crippen LogP contribution < -0.4 is 10.6 Å². The van der Waals surface area contributed by atoms with Gasteiger partial charge in [-0.05, 0) is 42.3 Å². The number of halogens is 1. The van der Waals surface area contributed by atoms with Crippen molar-refractivity contribution < 1.29 is 4.74 Å². The Morgan fingerprint density at radius 1 is 1.27 bits per heavy atom. The van der Waals surface area contributed by atoms with Crippen LogP contribution in [0.5, 0.6) is 0 Å². The molecule has 0 aromatic carbocycles. The smallest absolute Gasteiger partial charge is 0.224 e. The van der Waals surface area contributed by atoms with Crippen molar-refractivity contribution in [2.75, 3.05) is 31.2 Å². The highest BCUT2D eigenvalue weighted by atomic mass is 35.5. The van der Waals surface area contributed by atoms with Crippen LogP contribution in [0.3, 0.4) is 0 Å². The summed E-state index contributed by atoms with van der Waals surface area (Å²) in [5.74, 6) is 0.891. The summed E-state index contributed by atoms with van der Waals surface area (Å²) in [5, 5.41) is 0.271. The van der Waals surface area contributed by atoms with Crippen LogP contribution in [-0.4, -0.2) is 41.3 Å². The van der Waals surface area contributed by atoms with Gasteiger partial charge in [-0.2, -0.15) is 4.98 Å². The molecular weight excluding hydrogens is 370 g/mol. The number of hydrogen-bond acceptors (Lipinski definition) is 7. The minimum Gasteiger partial charge on any atom is -0.378 e. The molecule has 0 aliphatic carbocycles. The molecule has 4 heterocycles. The first-order chi connectivity index (χ1) is 12.5. The quantitative estimate of drug-likeness (QED) is 0.691. The fraction of sp³-hybridized carbons (Fsp3) is 0.389. The van der Waals surface area contributed by atoms with E-state index in [-0.39, 0.29) is 5.28 Å². The first-order valence-electron chi connectivity index (χ1n) is 8.51. The van der Waals surface area contributed by atoms with Gasteiger partial charge in [-0.15, -0.1) is 11.3 Å². The van der Waals surface area contributed by atoms with Crippen LogP contribution in [0.2, 0.25) is 5.28 Å². The number of thiophene rings is 1. The molecule has 0 spiro atoms. The van der Waals surface area contributed by atoms with E-state index in [1.807, 2.05) is 19.1 Å². The number of hydrogen-bond donors (Lipinski definition) is 1. The van der Waals surface area contributed by atoms with E-state index in [0.717, 1.165) is 39.6 Å². The van der Waals surface area contributed by atoms with Crippen LogP contribution in [-0.2, 0) is 16.7 Å². The second-order valence-electron chi connectivity index (χ2n) is 6.67. The average molecular weight is 390 g/mol. The van der Waals surface area contributed by atoms with Gasteiger partial charge in [-0.25, -0.2) is 4.98 Å². The number of nitrogens with two attached hydrogens (primary N) is 1. The Morgan fingerprint density at radius 3 is 2.73 bits per heavy atom. The zero-order valence-corrected chi connectivity index (χ0v) is 16.1. The van der Waals surface area contributed by atoms with Crippen LogP contribution in [0.25, 0.3) is 10.2 Å². The van der Waals surface area contributed by atoms with Crippen molar-refractivity contribution >= 4 is 39.0 Å². The Kier molecular flexibility index (Phi) is 4.79. The number of anilines is 1. The molecule has 1 saturated heterocycles. The van der Waals surface area contributed by atoms with Gasteiger partial charge in [0.15, 0.2) is 5.82 Å². The highest BCUT2D eigenvalue weighted by Crippen LogP contribution is 2.35. The number of morpholine rings is 1. The van der Waals surface area contributed by atoms with Gasteiger partial charge in [0.05, 0.1) is 23.4 Å². The van der Waals surface area contributed by atoms with E-state index in [0.29, 0.717) is 19.6 Å². The van der Waals surface area contributed by atoms with E-state index in [9.17, 15) is 0 Å². The topological polar surface area (TPSA) is 77.2 Å². The molecule has 1 atom stereocenters. The molecule has 0 radical (unpaired) electrons. The van der Waals surface area contributed by atoms with E-state index < -0.39 is 5.54 Å². The number of ether oxygens (including phenoxy) is 1. The van der Waals surface area contributed by atoms with Crippen LogP contribution in [0.15, 0.2) is 30.6 Å². The second-order valence-corrected chi connectivity index (χ2v) is 8.15. The Balaban J connectivity index is 1.69. The largest absolute Gasteiger partial charge is 0.378 e. The molecule has 0 bridgehead atoms. The van der Waals surface area contributed by atoms with Gasteiger partial charge in [-0.3, -0.25) is 4.98 Å². The number of aromatic nitrogens is 3. The Morgan fingerprint density at radius 2 is 2.00 bits per heavy atom. The zero-order chi connectivity index (χ0) is 18.1. The fourth-order valence-electron chi connectivity index (χ4n) is 3.21. The third kappa shape index (κ3) is 3.53.